The van der Waals surface area contributed by atoms with E-state index in [9.17, 15) is 9.18 Å². The minimum Gasteiger partial charge on any atom is -0.384 e. The smallest absolute Gasteiger partial charge is 0.276 e. The van der Waals surface area contributed by atoms with Crippen LogP contribution in [-0.2, 0) is 0 Å². The van der Waals surface area contributed by atoms with Gasteiger partial charge in [-0.3, -0.25) is 4.79 Å². The molecule has 19 heavy (non-hydrogen) atoms. The number of carbonyl (C=O) groups excluding carboxylic acids is 1. The number of carbonyl (C=O) groups is 1. The van der Waals surface area contributed by atoms with E-state index in [1.165, 1.54) is 30.3 Å². The molecule has 0 unspecified atom stereocenters. The van der Waals surface area contributed by atoms with Crippen LogP contribution in [0.15, 0.2) is 30.3 Å². The highest BCUT2D eigenvalue weighted by Gasteiger charge is 2.16. The highest BCUT2D eigenvalue weighted by molar-refractivity contribution is 6.35. The Morgan fingerprint density at radius 1 is 1.21 bits per heavy atom. The first-order chi connectivity index (χ1) is 8.99. The molecule has 1 aromatic heterocycles. The van der Waals surface area contributed by atoms with Crippen LogP contribution in [-0.4, -0.2) is 10.9 Å². The number of para-hydroxylation sites is 1. The molecule has 98 valence electrons. The third-order valence-electron chi connectivity index (χ3n) is 2.28. The number of hydrogen-bond acceptors (Lipinski definition) is 3. The summed E-state index contributed by atoms with van der Waals surface area (Å²) in [5.74, 6) is -1.21. The van der Waals surface area contributed by atoms with Crippen molar-refractivity contribution in [2.24, 2.45) is 0 Å². The zero-order valence-corrected chi connectivity index (χ0v) is 11.0. The average molecular weight is 300 g/mol. The number of benzene rings is 1. The number of nitrogens with two attached hydrogens (primary N) is 1. The number of halogens is 3. The summed E-state index contributed by atoms with van der Waals surface area (Å²) in [6, 6.07) is 6.94. The zero-order valence-electron chi connectivity index (χ0n) is 9.45. The number of aromatic nitrogens is 1. The second-order valence-electron chi connectivity index (χ2n) is 3.62. The number of nitrogens with one attached hydrogen (secondary N) is 1. The lowest BCUT2D eigenvalue weighted by atomic mass is 10.2. The molecule has 4 nitrogen and oxygen atoms in total. The third kappa shape index (κ3) is 2.94. The predicted molar refractivity (Wildman–Crippen MR) is 73.0 cm³/mol. The molecule has 0 aliphatic rings. The van der Waals surface area contributed by atoms with Gasteiger partial charge in [0.25, 0.3) is 5.91 Å². The van der Waals surface area contributed by atoms with Crippen LogP contribution in [0, 0.1) is 5.82 Å². The number of rotatable bonds is 2. The fourth-order valence-electron chi connectivity index (χ4n) is 1.41. The second-order valence-corrected chi connectivity index (χ2v) is 4.43. The first-order valence-electron chi connectivity index (χ1n) is 5.16. The molecule has 0 fully saturated rings. The van der Waals surface area contributed by atoms with Crippen molar-refractivity contribution in [3.8, 4) is 0 Å². The fourth-order valence-corrected chi connectivity index (χ4v) is 1.81. The van der Waals surface area contributed by atoms with Gasteiger partial charge in [-0.25, -0.2) is 9.37 Å². The van der Waals surface area contributed by atoms with Gasteiger partial charge in [0, 0.05) is 0 Å². The lowest BCUT2D eigenvalue weighted by molar-refractivity contribution is 0.102. The molecule has 7 heteroatoms. The van der Waals surface area contributed by atoms with Crippen LogP contribution in [0.1, 0.15) is 10.5 Å². The number of amides is 1. The summed E-state index contributed by atoms with van der Waals surface area (Å²) in [5, 5.41) is 2.50. The Morgan fingerprint density at radius 3 is 2.63 bits per heavy atom. The van der Waals surface area contributed by atoms with Gasteiger partial charge in [-0.1, -0.05) is 29.3 Å². The van der Waals surface area contributed by atoms with Crippen molar-refractivity contribution in [1.82, 2.24) is 4.98 Å². The molecule has 3 N–H and O–H groups in total. The highest BCUT2D eigenvalue weighted by Crippen LogP contribution is 2.26. The zero-order chi connectivity index (χ0) is 14.0. The van der Waals surface area contributed by atoms with E-state index in [-0.39, 0.29) is 27.2 Å². The van der Waals surface area contributed by atoms with Gasteiger partial charge in [0.15, 0.2) is 0 Å². The number of pyridine rings is 1. The van der Waals surface area contributed by atoms with Crippen LogP contribution >= 0.6 is 23.2 Å². The van der Waals surface area contributed by atoms with Crippen LogP contribution in [0.5, 0.6) is 0 Å². The van der Waals surface area contributed by atoms with E-state index >= 15 is 0 Å². The van der Waals surface area contributed by atoms with Crippen LogP contribution in [0.3, 0.4) is 0 Å². The fraction of sp³-hybridized carbons (Fsp3) is 0. The summed E-state index contributed by atoms with van der Waals surface area (Å²) in [7, 11) is 0. The number of nitrogen functional groups attached to an aromatic ring is 1. The molecule has 0 atom stereocenters. The van der Waals surface area contributed by atoms with Crippen molar-refractivity contribution >= 4 is 40.6 Å². The van der Waals surface area contributed by atoms with Crippen LogP contribution < -0.4 is 11.1 Å². The standard InChI is InChI=1S/C12H8Cl2FN3O/c13-6-2-1-3-8(15)10(6)18-12(19)11-7(14)4-5-9(16)17-11/h1-5H,(H2,16,17)(H,18,19). The second kappa shape index (κ2) is 5.42. The van der Waals surface area contributed by atoms with Gasteiger partial charge >= 0.3 is 0 Å². The van der Waals surface area contributed by atoms with Gasteiger partial charge in [-0.05, 0) is 24.3 Å². The molecular weight excluding hydrogens is 292 g/mol. The van der Waals surface area contributed by atoms with Gasteiger partial charge in [0.1, 0.15) is 17.3 Å². The van der Waals surface area contributed by atoms with Crippen molar-refractivity contribution in [3.05, 3.63) is 51.9 Å². The molecule has 1 heterocycles. The molecule has 0 aliphatic heterocycles. The van der Waals surface area contributed by atoms with Crippen molar-refractivity contribution in [1.29, 1.82) is 0 Å². The summed E-state index contributed by atoms with van der Waals surface area (Å²) < 4.78 is 13.5. The SMILES string of the molecule is Nc1ccc(Cl)c(C(=O)Nc2c(F)cccc2Cl)n1. The topological polar surface area (TPSA) is 68.0 Å². The third-order valence-corrected chi connectivity index (χ3v) is 2.90. The van der Waals surface area contributed by atoms with Crippen LogP contribution in [0.2, 0.25) is 10.0 Å². The molecule has 1 aromatic carbocycles. The van der Waals surface area contributed by atoms with Crippen LogP contribution in [0.4, 0.5) is 15.9 Å². The summed E-state index contributed by atoms with van der Waals surface area (Å²) in [5.41, 5.74) is 5.24. The molecule has 0 aliphatic carbocycles. The summed E-state index contributed by atoms with van der Waals surface area (Å²) >= 11 is 11.6. The van der Waals surface area contributed by atoms with Crippen LogP contribution in [0.25, 0.3) is 0 Å². The largest absolute Gasteiger partial charge is 0.384 e. The molecule has 0 spiro atoms. The van der Waals surface area contributed by atoms with E-state index in [0.29, 0.717) is 0 Å². The summed E-state index contributed by atoms with van der Waals surface area (Å²) in [6.45, 7) is 0. The quantitative estimate of drug-likeness (QED) is 0.893. The highest BCUT2D eigenvalue weighted by atomic mass is 35.5. The van der Waals surface area contributed by atoms with E-state index in [0.717, 1.165) is 0 Å². The first-order valence-corrected chi connectivity index (χ1v) is 5.92. The predicted octanol–water partition coefficient (Wildman–Crippen LogP) is 3.36. The Morgan fingerprint density at radius 2 is 1.95 bits per heavy atom. The van der Waals surface area contributed by atoms with Gasteiger partial charge in [-0.15, -0.1) is 0 Å². The van der Waals surface area contributed by atoms with E-state index in [1.807, 2.05) is 0 Å². The van der Waals surface area contributed by atoms with Gasteiger partial charge in [0.2, 0.25) is 0 Å². The molecule has 0 saturated heterocycles. The molecule has 2 aromatic rings. The minimum absolute atomic E-state index is 0.0772. The Labute approximate surface area is 118 Å². The summed E-state index contributed by atoms with van der Waals surface area (Å²) in [6.07, 6.45) is 0. The Hall–Kier alpha value is -1.85. The maximum absolute atomic E-state index is 13.5. The Kier molecular flexibility index (Phi) is 3.87. The number of hydrogen-bond donors (Lipinski definition) is 2. The molecular formula is C12H8Cl2FN3O. The minimum atomic E-state index is -0.690. The first kappa shape index (κ1) is 13.6. The molecule has 0 bridgehead atoms. The van der Waals surface area contributed by atoms with Crippen molar-refractivity contribution in [2.75, 3.05) is 11.1 Å². The average Bonchev–Trinajstić information content (AvgIpc) is 2.37. The van der Waals surface area contributed by atoms with Crippen molar-refractivity contribution in [3.63, 3.8) is 0 Å². The Balaban J connectivity index is 2.34. The lowest BCUT2D eigenvalue weighted by Crippen LogP contribution is -2.16. The van der Waals surface area contributed by atoms with E-state index in [2.05, 4.69) is 10.3 Å². The number of anilines is 2. The Bertz CT molecular complexity index is 629. The summed E-state index contributed by atoms with van der Waals surface area (Å²) in [4.78, 5) is 15.7. The van der Waals surface area contributed by atoms with E-state index in [1.54, 1.807) is 0 Å². The maximum Gasteiger partial charge on any atom is 0.276 e. The van der Waals surface area contributed by atoms with E-state index < -0.39 is 11.7 Å². The molecule has 2 rings (SSSR count). The van der Waals surface area contributed by atoms with Gasteiger partial charge < -0.3 is 11.1 Å². The molecule has 0 radical (unpaired) electrons. The van der Waals surface area contributed by atoms with E-state index in [4.69, 9.17) is 28.9 Å². The van der Waals surface area contributed by atoms with Gasteiger partial charge in [-0.2, -0.15) is 0 Å². The lowest BCUT2D eigenvalue weighted by Gasteiger charge is -2.09. The number of nitrogens with zero attached hydrogens (tertiary/aromatic N) is 1. The monoisotopic (exact) mass is 299 g/mol. The maximum atomic E-state index is 13.5. The normalized spacial score (nSPS) is 10.3. The molecule has 1 amide bonds. The van der Waals surface area contributed by atoms with Crippen molar-refractivity contribution in [2.45, 2.75) is 0 Å². The molecule has 0 saturated carbocycles. The van der Waals surface area contributed by atoms with Gasteiger partial charge in [0.05, 0.1) is 15.7 Å². The van der Waals surface area contributed by atoms with Crippen molar-refractivity contribution < 1.29 is 9.18 Å².